The number of halogens is 4. The molecule has 0 radical (unpaired) electrons. The summed E-state index contributed by atoms with van der Waals surface area (Å²) in [6.07, 6.45) is 13.9. The van der Waals surface area contributed by atoms with Gasteiger partial charge in [-0.2, -0.15) is 5.10 Å². The van der Waals surface area contributed by atoms with Crippen LogP contribution in [0.15, 0.2) is 245 Å². The smallest absolute Gasteiger partial charge is 0.220 e. The summed E-state index contributed by atoms with van der Waals surface area (Å²) in [4.78, 5) is 47.1. The summed E-state index contributed by atoms with van der Waals surface area (Å²) < 4.78 is 114. The molecule has 0 spiro atoms. The highest BCUT2D eigenvalue weighted by Crippen LogP contribution is 2.52. The summed E-state index contributed by atoms with van der Waals surface area (Å²) in [7, 11) is 1.96. The minimum Gasteiger partial charge on any atom is -0.394 e. The lowest BCUT2D eigenvalue weighted by Crippen LogP contribution is -2.35. The van der Waals surface area contributed by atoms with Gasteiger partial charge in [-0.1, -0.05) is 110 Å². The molecule has 2 atom stereocenters. The number of aromatic nitrogens is 7. The third-order valence-electron chi connectivity index (χ3n) is 28.0. The zero-order valence-corrected chi connectivity index (χ0v) is 87.0. The number of nitrogens with one attached hydrogen (secondary N) is 1. The van der Waals surface area contributed by atoms with Crippen molar-refractivity contribution < 1.29 is 65.4 Å². The van der Waals surface area contributed by atoms with E-state index in [1.807, 2.05) is 110 Å². The fourth-order valence-corrected chi connectivity index (χ4v) is 23.0. The molecule has 22 nitrogen and oxygen atoms in total. The third kappa shape index (κ3) is 20.6. The number of carbonyl (C=O) groups excluding carboxylic acids is 2. The van der Waals surface area contributed by atoms with Crippen molar-refractivity contribution in [1.29, 1.82) is 0 Å². The van der Waals surface area contributed by atoms with Crippen LogP contribution in [0.25, 0.3) is 111 Å². The van der Waals surface area contributed by atoms with Gasteiger partial charge in [0, 0.05) is 218 Å². The normalized spacial score (nSPS) is 14.6. The Balaban J connectivity index is 0.000000128. The Hall–Kier alpha value is -13.5. The number of aliphatic hydroxyl groups excluding tert-OH is 2. The molecule has 146 heavy (non-hydrogen) atoms. The minimum absolute atomic E-state index is 0.0576. The van der Waals surface area contributed by atoms with Gasteiger partial charge in [0.05, 0.1) is 106 Å². The first-order valence-corrected chi connectivity index (χ1v) is 54.2. The largest absolute Gasteiger partial charge is 0.394 e. The number of ketones is 1. The molecule has 0 aliphatic carbocycles. The van der Waals surface area contributed by atoms with Crippen LogP contribution in [0.5, 0.6) is 0 Å². The van der Waals surface area contributed by atoms with E-state index in [1.54, 1.807) is 90.2 Å². The number of hydrogen-bond donors (Lipinski definition) is 3. The summed E-state index contributed by atoms with van der Waals surface area (Å²) in [5.74, 6) is -0.815. The monoisotopic (exact) mass is 2000 g/mol. The first-order valence-electron chi connectivity index (χ1n) is 49.0. The van der Waals surface area contributed by atoms with Gasteiger partial charge in [0.1, 0.15) is 37.6 Å². The van der Waals surface area contributed by atoms with Crippen molar-refractivity contribution in [2.45, 2.75) is 135 Å². The molecule has 1 fully saturated rings. The summed E-state index contributed by atoms with van der Waals surface area (Å²) in [6, 6.07) is 63.6. The number of amides is 1. The second kappa shape index (κ2) is 41.4. The molecule has 28 heteroatoms. The molecule has 0 saturated carbocycles. The van der Waals surface area contributed by atoms with E-state index >= 15 is 0 Å². The number of aliphatic imine (C=N–C) groups is 4. The van der Waals surface area contributed by atoms with Crippen molar-refractivity contribution in [2.24, 2.45) is 25.9 Å². The van der Waals surface area contributed by atoms with Crippen molar-refractivity contribution in [1.82, 2.24) is 38.3 Å². The van der Waals surface area contributed by atoms with Crippen LogP contribution in [0.4, 0.5) is 17.6 Å². The fraction of sp³-hybridized carbons (Fsp3) is 0.305. The lowest BCUT2D eigenvalue weighted by Gasteiger charge is -2.28. The van der Waals surface area contributed by atoms with Crippen LogP contribution in [0, 0.1) is 29.2 Å². The van der Waals surface area contributed by atoms with Crippen molar-refractivity contribution in [3.8, 4) is 67.3 Å². The van der Waals surface area contributed by atoms with Gasteiger partial charge < -0.3 is 61.9 Å². The summed E-state index contributed by atoms with van der Waals surface area (Å²) >= 11 is 0. The molecule has 16 aromatic rings. The average molecular weight is 2010 g/mol. The average Bonchev–Trinajstić information content (AvgIpc) is 1.58. The first kappa shape index (κ1) is 102. The molecule has 752 valence electrons. The molecule has 10 aromatic carbocycles. The Morgan fingerprint density at radius 1 is 0.438 bits per heavy atom. The number of nitrogens with zero attached hydrogens (tertiary/aromatic N) is 11. The number of carbonyl (C=O) groups is 2. The molecule has 5 aliphatic heterocycles. The predicted octanol–water partition coefficient (Wildman–Crippen LogP) is 22.7. The molecule has 21 rings (SSSR count). The standard InChI is InChI=1S/C34H34FN3O3.C29H30FN2O2P.C28H29FN3O2P.C27H29FN4O3/c1-34(2,20-41-3)33-32(23-7-5-22(6-8-23)30(39)14-21-4-13-31(40)37-17-21)28-15-24-18-36-19-25(24)16-29(28)38(33)27-11-9-26(35)10-12-27;1-29(2,18-34-3)28-27(19-6-12-24(13-7-19)35(4,5)33)25-14-20-16-31-17-21(20)15-26(25)32(28)23-10-8-22(30)9-11-23;1-28(2,17-34-3)27-26(18-6-11-25(31-16-18)35(4,5)33)23-12-19-14-30-15-20(19)13-24(23)32(27)22-9-7-21(29)8-10-22;1-27(2,16-35-3)26-25(19-12-30-31(13-19)14-22(34)15-33)23-8-17-10-29-11-18(17)9-24(23)32(26)21-6-4-20(28)5-7-21/h5-12,15-16,19,21H,4,13-14,17-18,20H2,1-3H3,(H,37,40);6-15,17H,16,18H2,1-5H3;6-13,15-16H,14,17H2,1-5H3;4-9,11-13,22,33-34H,10,14-16H2,1-3H3. The fourth-order valence-electron chi connectivity index (χ4n) is 21.3. The quantitative estimate of drug-likeness (QED) is 0.0235. The second-order valence-corrected chi connectivity index (χ2v) is 48.3. The van der Waals surface area contributed by atoms with Gasteiger partial charge in [-0.15, -0.1) is 0 Å². The SMILES string of the molecule is COCC(C)(C)c1c(-c2ccc(C(=O)CC3CCC(=O)NC3)cc2)c2cc3c(cc2n1-c1ccc(F)cc1)C=NC3.COCC(C)(C)c1c(-c2ccc(P(C)(C)=O)cc2)c2cc3c(cc2n1-c1ccc(F)cc1)C=NC3.COCC(C)(C)c1c(-c2ccc(P(C)(C)=O)nc2)c2cc3c(cc2n1-c1ccc(F)cc1)C=NC3.COCC(C)(C)c1c(-c2cnn(CC(O)CO)c2)c2cc3c(cc2n1-c1ccc(F)cc1)C=NC3. The van der Waals surface area contributed by atoms with Crippen molar-refractivity contribution >= 4 is 105 Å². The second-order valence-electron chi connectivity index (χ2n) is 41.9. The number of rotatable bonds is 28. The van der Waals surface area contributed by atoms with E-state index in [1.165, 1.54) is 59.7 Å². The molecule has 11 heterocycles. The molecule has 5 aliphatic rings. The van der Waals surface area contributed by atoms with Crippen LogP contribution in [0.2, 0.25) is 0 Å². The van der Waals surface area contributed by atoms with Crippen molar-refractivity contribution in [3.05, 3.63) is 321 Å². The molecule has 6 aromatic heterocycles. The number of ether oxygens (including phenoxy) is 4. The van der Waals surface area contributed by atoms with Gasteiger partial charge in [0.25, 0.3) is 0 Å². The highest BCUT2D eigenvalue weighted by atomic mass is 31.2. The van der Waals surface area contributed by atoms with Crippen molar-refractivity contribution in [2.75, 3.05) is 94.7 Å². The number of pyridine rings is 1. The third-order valence-corrected chi connectivity index (χ3v) is 30.9. The maximum atomic E-state index is 14.0. The van der Waals surface area contributed by atoms with Crippen LogP contribution in [0.3, 0.4) is 0 Å². The lowest BCUT2D eigenvalue weighted by molar-refractivity contribution is -0.122. The molecule has 1 amide bonds. The number of aliphatic hydroxyl groups is 2. The number of piperidine rings is 1. The Morgan fingerprint density at radius 3 is 1.07 bits per heavy atom. The first-order chi connectivity index (χ1) is 69.8. The van der Waals surface area contributed by atoms with Gasteiger partial charge in [-0.05, 0) is 246 Å². The van der Waals surface area contributed by atoms with Crippen LogP contribution in [-0.2, 0) is 87.3 Å². The van der Waals surface area contributed by atoms with E-state index in [-0.39, 0.29) is 64.9 Å². The number of methoxy groups -OCH3 is 4. The highest BCUT2D eigenvalue weighted by Gasteiger charge is 2.40. The molecule has 2 unspecified atom stereocenters. The Morgan fingerprint density at radius 2 is 0.767 bits per heavy atom. The molecular formula is C118H122F4N12O10P2. The summed E-state index contributed by atoms with van der Waals surface area (Å²) in [6.45, 7) is 29.2. The van der Waals surface area contributed by atoms with E-state index < -0.39 is 31.2 Å². The molecule has 1 saturated heterocycles. The zero-order valence-electron chi connectivity index (χ0n) is 85.2. The van der Waals surface area contributed by atoms with Crippen LogP contribution in [-0.4, -0.2) is 181 Å². The number of fused-ring (bicyclic) bond motifs is 8. The lowest BCUT2D eigenvalue weighted by atomic mass is 9.84. The highest BCUT2D eigenvalue weighted by molar-refractivity contribution is 7.70. The van der Waals surface area contributed by atoms with Gasteiger partial charge in [-0.25, -0.2) is 17.6 Å². The van der Waals surface area contributed by atoms with Crippen LogP contribution in [0.1, 0.15) is 152 Å². The van der Waals surface area contributed by atoms with Gasteiger partial charge in [-0.3, -0.25) is 39.2 Å². The number of hydrogen-bond acceptors (Lipinski definition) is 16. The van der Waals surface area contributed by atoms with E-state index in [0.717, 1.165) is 179 Å². The van der Waals surface area contributed by atoms with E-state index in [9.17, 15) is 46.5 Å². The Kier molecular flexibility index (Phi) is 29.1. The molecule has 0 bridgehead atoms. The van der Waals surface area contributed by atoms with Gasteiger partial charge >= 0.3 is 0 Å². The zero-order chi connectivity index (χ0) is 103. The number of benzene rings is 10. The van der Waals surface area contributed by atoms with Crippen molar-refractivity contribution in [3.63, 3.8) is 0 Å². The minimum atomic E-state index is -2.48. The molecular weight excluding hydrogens is 1880 g/mol. The van der Waals surface area contributed by atoms with Crippen LogP contribution < -0.4 is 16.1 Å². The van der Waals surface area contributed by atoms with Gasteiger partial charge in [0.15, 0.2) is 5.78 Å². The summed E-state index contributed by atoms with van der Waals surface area (Å²) in [5.41, 5.74) is 28.5. The van der Waals surface area contributed by atoms with E-state index in [0.29, 0.717) is 83.0 Å². The van der Waals surface area contributed by atoms with E-state index in [4.69, 9.17) is 18.9 Å². The predicted molar refractivity (Wildman–Crippen MR) is 579 cm³/mol. The van der Waals surface area contributed by atoms with Crippen LogP contribution >= 0.6 is 14.3 Å². The Labute approximate surface area is 847 Å². The maximum absolute atomic E-state index is 14.0. The molecule has 3 N–H and O–H groups in total. The summed E-state index contributed by atoms with van der Waals surface area (Å²) in [5, 5.41) is 31.7. The van der Waals surface area contributed by atoms with Gasteiger partial charge in [0.2, 0.25) is 5.91 Å². The topological polar surface area (TPSA) is 258 Å². The van der Waals surface area contributed by atoms with E-state index in [2.05, 4.69) is 170 Å². The number of Topliss-reactive ketones (excluding diaryl/α,β-unsaturated/α-hetero) is 1. The maximum Gasteiger partial charge on any atom is 0.220 e. The Bertz CT molecular complexity index is 7680.